The molecular formula is C15H21NO3S. The van der Waals surface area contributed by atoms with Gasteiger partial charge in [-0.15, -0.1) is 0 Å². The van der Waals surface area contributed by atoms with Crippen molar-refractivity contribution < 1.29 is 13.2 Å². The molecule has 2 aliphatic heterocycles. The molecule has 0 amide bonds. The quantitative estimate of drug-likeness (QED) is 0.887. The van der Waals surface area contributed by atoms with Crippen LogP contribution >= 0.6 is 0 Å². The second kappa shape index (κ2) is 5.47. The summed E-state index contributed by atoms with van der Waals surface area (Å²) in [6, 6.07) is 10.1. The summed E-state index contributed by atoms with van der Waals surface area (Å²) in [4.78, 5) is 0. The number of benzene rings is 1. The highest BCUT2D eigenvalue weighted by molar-refractivity contribution is 7.91. The minimum atomic E-state index is -2.82. The van der Waals surface area contributed by atoms with Gasteiger partial charge in [-0.05, 0) is 17.9 Å². The van der Waals surface area contributed by atoms with E-state index in [2.05, 4.69) is 5.32 Å². The Morgan fingerprint density at radius 1 is 1.25 bits per heavy atom. The number of nitrogens with one attached hydrogen (secondary N) is 1. The molecule has 2 aliphatic rings. The van der Waals surface area contributed by atoms with Crippen molar-refractivity contribution in [1.29, 1.82) is 0 Å². The summed E-state index contributed by atoms with van der Waals surface area (Å²) in [6.07, 6.45) is 0.790. The predicted octanol–water partition coefficient (Wildman–Crippen LogP) is 1.23. The third-order valence-corrected chi connectivity index (χ3v) is 6.32. The minimum absolute atomic E-state index is 0.0261. The molecule has 1 atom stereocenters. The van der Waals surface area contributed by atoms with Crippen molar-refractivity contribution in [2.45, 2.75) is 13.0 Å². The molecule has 2 heterocycles. The van der Waals surface area contributed by atoms with Crippen molar-refractivity contribution in [2.24, 2.45) is 11.3 Å². The molecule has 4 nitrogen and oxygen atoms in total. The molecule has 2 fully saturated rings. The largest absolute Gasteiger partial charge is 0.376 e. The van der Waals surface area contributed by atoms with Gasteiger partial charge in [-0.2, -0.15) is 0 Å². The Labute approximate surface area is 120 Å². The highest BCUT2D eigenvalue weighted by atomic mass is 32.2. The maximum Gasteiger partial charge on any atom is 0.150 e. The van der Waals surface area contributed by atoms with E-state index in [0.717, 1.165) is 25.1 Å². The van der Waals surface area contributed by atoms with Gasteiger partial charge in [0.2, 0.25) is 0 Å². The van der Waals surface area contributed by atoms with Crippen LogP contribution in [-0.4, -0.2) is 39.6 Å². The second-order valence-corrected chi connectivity index (χ2v) is 8.27. The van der Waals surface area contributed by atoms with Gasteiger partial charge in [0, 0.05) is 18.5 Å². The van der Waals surface area contributed by atoms with Gasteiger partial charge in [-0.3, -0.25) is 0 Å². The molecule has 0 spiro atoms. The summed E-state index contributed by atoms with van der Waals surface area (Å²) < 4.78 is 29.2. The highest BCUT2D eigenvalue weighted by Gasteiger charge is 2.48. The van der Waals surface area contributed by atoms with E-state index in [-0.39, 0.29) is 11.3 Å². The van der Waals surface area contributed by atoms with Gasteiger partial charge in [0.25, 0.3) is 0 Å². The molecule has 0 aromatic heterocycles. The topological polar surface area (TPSA) is 55.4 Å². The number of sulfone groups is 1. The van der Waals surface area contributed by atoms with Crippen LogP contribution in [0.25, 0.3) is 0 Å². The van der Waals surface area contributed by atoms with Crippen LogP contribution in [0.2, 0.25) is 0 Å². The molecule has 0 aliphatic carbocycles. The van der Waals surface area contributed by atoms with E-state index in [0.29, 0.717) is 24.7 Å². The van der Waals surface area contributed by atoms with Crippen LogP contribution < -0.4 is 5.32 Å². The van der Waals surface area contributed by atoms with Gasteiger partial charge in [-0.25, -0.2) is 8.42 Å². The molecule has 1 aromatic rings. The first-order valence-electron chi connectivity index (χ1n) is 7.13. The van der Waals surface area contributed by atoms with Crippen LogP contribution in [0.1, 0.15) is 12.0 Å². The van der Waals surface area contributed by atoms with E-state index in [1.165, 1.54) is 0 Å². The average molecular weight is 295 g/mol. The van der Waals surface area contributed by atoms with Crippen molar-refractivity contribution in [3.05, 3.63) is 35.9 Å². The lowest BCUT2D eigenvalue weighted by Crippen LogP contribution is -2.60. The monoisotopic (exact) mass is 295 g/mol. The first-order chi connectivity index (χ1) is 9.60. The van der Waals surface area contributed by atoms with Gasteiger partial charge in [-0.1, -0.05) is 30.3 Å². The Morgan fingerprint density at radius 2 is 2.00 bits per heavy atom. The maximum atomic E-state index is 11.7. The first-order valence-corrected chi connectivity index (χ1v) is 8.95. The van der Waals surface area contributed by atoms with Crippen molar-refractivity contribution in [2.75, 3.05) is 31.2 Å². The summed E-state index contributed by atoms with van der Waals surface area (Å²) >= 11 is 0. The van der Waals surface area contributed by atoms with E-state index in [1.54, 1.807) is 0 Å². The van der Waals surface area contributed by atoms with E-state index in [1.807, 2.05) is 30.3 Å². The van der Waals surface area contributed by atoms with Crippen LogP contribution in [-0.2, 0) is 21.2 Å². The summed E-state index contributed by atoms with van der Waals surface area (Å²) in [5, 5.41) is 3.28. The van der Waals surface area contributed by atoms with E-state index in [4.69, 9.17) is 4.74 Å². The molecule has 3 rings (SSSR count). The number of ether oxygens (including phenoxy) is 1. The summed E-state index contributed by atoms with van der Waals surface area (Å²) in [7, 11) is -2.82. The molecule has 5 heteroatoms. The Kier molecular flexibility index (Phi) is 3.84. The fraction of sp³-hybridized carbons (Fsp3) is 0.600. The van der Waals surface area contributed by atoms with Crippen molar-refractivity contribution in [1.82, 2.24) is 5.32 Å². The van der Waals surface area contributed by atoms with Crippen LogP contribution in [0, 0.1) is 11.3 Å². The standard InChI is InChI=1S/C15H21NO3S/c17-20(18)7-6-14(9-20)15(10-16-11-15)12-19-8-13-4-2-1-3-5-13/h1-5,14,16H,6-12H2. The first kappa shape index (κ1) is 14.0. The van der Waals surface area contributed by atoms with Crippen LogP contribution in [0.15, 0.2) is 30.3 Å². The molecule has 1 N–H and O–H groups in total. The molecule has 1 unspecified atom stereocenters. The van der Waals surface area contributed by atoms with Gasteiger partial charge < -0.3 is 10.1 Å². The normalized spacial score (nSPS) is 27.1. The maximum absolute atomic E-state index is 11.7. The van der Waals surface area contributed by atoms with Gasteiger partial charge in [0.15, 0.2) is 9.84 Å². The highest BCUT2D eigenvalue weighted by Crippen LogP contribution is 2.39. The zero-order valence-corrected chi connectivity index (χ0v) is 12.4. The summed E-state index contributed by atoms with van der Waals surface area (Å²) in [5.41, 5.74) is 1.19. The molecule has 110 valence electrons. The summed E-state index contributed by atoms with van der Waals surface area (Å²) in [6.45, 7) is 3.00. The lowest BCUT2D eigenvalue weighted by molar-refractivity contribution is -0.0296. The zero-order chi connectivity index (χ0) is 14.1. The van der Waals surface area contributed by atoms with Gasteiger partial charge in [0.1, 0.15) is 0 Å². The van der Waals surface area contributed by atoms with Gasteiger partial charge >= 0.3 is 0 Å². The van der Waals surface area contributed by atoms with Crippen LogP contribution in [0.3, 0.4) is 0 Å². The molecular weight excluding hydrogens is 274 g/mol. The van der Waals surface area contributed by atoms with E-state index >= 15 is 0 Å². The van der Waals surface area contributed by atoms with Crippen LogP contribution in [0.5, 0.6) is 0 Å². The zero-order valence-electron chi connectivity index (χ0n) is 11.5. The minimum Gasteiger partial charge on any atom is -0.376 e. The fourth-order valence-corrected chi connectivity index (χ4v) is 5.12. The Balaban J connectivity index is 1.57. The van der Waals surface area contributed by atoms with Crippen molar-refractivity contribution in [3.8, 4) is 0 Å². The average Bonchev–Trinajstić information content (AvgIpc) is 2.74. The predicted molar refractivity (Wildman–Crippen MR) is 78.2 cm³/mol. The van der Waals surface area contributed by atoms with Crippen molar-refractivity contribution in [3.63, 3.8) is 0 Å². The fourth-order valence-electron chi connectivity index (χ4n) is 3.18. The lowest BCUT2D eigenvalue weighted by Gasteiger charge is -2.46. The molecule has 0 radical (unpaired) electrons. The number of rotatable bonds is 5. The third-order valence-electron chi connectivity index (χ3n) is 4.55. The third kappa shape index (κ3) is 2.90. The molecule has 20 heavy (non-hydrogen) atoms. The Bertz CT molecular complexity index is 552. The molecule has 2 saturated heterocycles. The summed E-state index contributed by atoms with van der Waals surface area (Å²) in [5.74, 6) is 0.936. The Hall–Kier alpha value is -0.910. The molecule has 0 bridgehead atoms. The van der Waals surface area contributed by atoms with Crippen molar-refractivity contribution >= 4 is 9.84 Å². The van der Waals surface area contributed by atoms with Gasteiger partial charge in [0.05, 0.1) is 24.7 Å². The molecule has 1 aromatic carbocycles. The second-order valence-electron chi connectivity index (χ2n) is 6.04. The Morgan fingerprint density at radius 3 is 2.55 bits per heavy atom. The van der Waals surface area contributed by atoms with E-state index in [9.17, 15) is 8.42 Å². The number of hydrogen-bond acceptors (Lipinski definition) is 4. The smallest absolute Gasteiger partial charge is 0.150 e. The van der Waals surface area contributed by atoms with E-state index < -0.39 is 9.84 Å². The number of hydrogen-bond donors (Lipinski definition) is 1. The lowest BCUT2D eigenvalue weighted by atomic mass is 9.71. The molecule has 0 saturated carbocycles. The van der Waals surface area contributed by atoms with Crippen LogP contribution in [0.4, 0.5) is 0 Å². The SMILES string of the molecule is O=S1(=O)CCC(C2(COCc3ccccc3)CNC2)C1.